The molecule has 7 heteroatoms. The fraction of sp³-hybridized carbons (Fsp3) is 0.667. The Bertz CT molecular complexity index is 623. The van der Waals surface area contributed by atoms with Crippen LogP contribution in [0.3, 0.4) is 0 Å². The Morgan fingerprint density at radius 1 is 1.28 bits per heavy atom. The number of carbonyl (C=O) groups is 1. The van der Waals surface area contributed by atoms with Crippen LogP contribution in [0, 0.1) is 5.92 Å². The molecule has 3 rings (SSSR count). The molecule has 1 aliphatic heterocycles. The molecule has 138 valence electrons. The zero-order valence-electron chi connectivity index (χ0n) is 14.6. The van der Waals surface area contributed by atoms with Crippen molar-refractivity contribution in [2.75, 3.05) is 31.1 Å². The van der Waals surface area contributed by atoms with Crippen LogP contribution in [0.15, 0.2) is 18.3 Å². The summed E-state index contributed by atoms with van der Waals surface area (Å²) in [6.45, 7) is 4.70. The molecular weight excluding hydrogens is 331 g/mol. The van der Waals surface area contributed by atoms with E-state index in [-0.39, 0.29) is 11.5 Å². The maximum Gasteiger partial charge on any atom is 0.272 e. The molecule has 0 aromatic carbocycles. The third-order valence-electron chi connectivity index (χ3n) is 5.23. The molecule has 2 aliphatic rings. The Labute approximate surface area is 146 Å². The van der Waals surface area contributed by atoms with E-state index in [1.807, 2.05) is 11.8 Å². The molecule has 0 N–H and O–H groups in total. The fourth-order valence-corrected chi connectivity index (χ4v) is 3.68. The van der Waals surface area contributed by atoms with Crippen molar-refractivity contribution in [3.63, 3.8) is 0 Å². The van der Waals surface area contributed by atoms with Gasteiger partial charge in [0.2, 0.25) is 0 Å². The average molecular weight is 355 g/mol. The van der Waals surface area contributed by atoms with Gasteiger partial charge >= 0.3 is 0 Å². The van der Waals surface area contributed by atoms with E-state index in [0.717, 1.165) is 13.3 Å². The van der Waals surface area contributed by atoms with Crippen LogP contribution in [-0.4, -0.2) is 47.6 Å². The van der Waals surface area contributed by atoms with Crippen LogP contribution >= 0.6 is 0 Å². The number of hydrogen-bond donors (Lipinski definition) is 0. The summed E-state index contributed by atoms with van der Waals surface area (Å²) in [4.78, 5) is 20.1. The van der Waals surface area contributed by atoms with Crippen molar-refractivity contribution >= 4 is 11.7 Å². The molecule has 1 saturated carbocycles. The predicted octanol–water partition coefficient (Wildman–Crippen LogP) is 3.37. The first-order valence-electron chi connectivity index (χ1n) is 8.77. The largest absolute Gasteiger partial charge is 0.353 e. The van der Waals surface area contributed by atoms with Gasteiger partial charge in [0.15, 0.2) is 5.67 Å². The second-order valence-corrected chi connectivity index (χ2v) is 7.39. The van der Waals surface area contributed by atoms with Crippen LogP contribution in [0.25, 0.3) is 0 Å². The second kappa shape index (κ2) is 6.50. The first-order chi connectivity index (χ1) is 11.7. The lowest BCUT2D eigenvalue weighted by molar-refractivity contribution is -0.144. The van der Waals surface area contributed by atoms with Crippen LogP contribution in [0.2, 0.25) is 0 Å². The molecular formula is C18H24F3N3O. The van der Waals surface area contributed by atoms with Crippen molar-refractivity contribution in [3.05, 3.63) is 23.9 Å². The molecule has 2 atom stereocenters. The van der Waals surface area contributed by atoms with Gasteiger partial charge in [0.05, 0.1) is 0 Å². The molecule has 0 bridgehead atoms. The molecule has 25 heavy (non-hydrogen) atoms. The van der Waals surface area contributed by atoms with E-state index in [2.05, 4.69) is 4.98 Å². The number of alkyl halides is 3. The predicted molar refractivity (Wildman–Crippen MR) is 89.5 cm³/mol. The summed E-state index contributed by atoms with van der Waals surface area (Å²) in [6, 6.07) is 2.94. The number of halogens is 3. The van der Waals surface area contributed by atoms with Crippen molar-refractivity contribution in [2.45, 2.75) is 44.7 Å². The minimum atomic E-state index is -2.91. The van der Waals surface area contributed by atoms with E-state index in [0.29, 0.717) is 44.8 Å². The van der Waals surface area contributed by atoms with E-state index in [4.69, 9.17) is 0 Å². The number of anilines is 1. The molecule has 1 aromatic heterocycles. The Morgan fingerprint density at radius 3 is 2.44 bits per heavy atom. The van der Waals surface area contributed by atoms with Gasteiger partial charge in [0.25, 0.3) is 11.8 Å². The van der Waals surface area contributed by atoms with E-state index >= 15 is 0 Å². The third-order valence-corrected chi connectivity index (χ3v) is 5.23. The molecule has 1 amide bonds. The maximum atomic E-state index is 14.8. The maximum absolute atomic E-state index is 14.8. The number of amides is 1. The lowest BCUT2D eigenvalue weighted by Crippen LogP contribution is -2.54. The standard InChI is InChI=1S/C18H24F3N3O/c1-13-5-6-18(21,11-13)16(25)24-9-7-23(8-10-24)15-4-3-14(12-22-15)17(2,19)20/h3-4,12-13H,5-11H2,1-2H3. The van der Waals surface area contributed by atoms with Crippen LogP contribution in [0.1, 0.15) is 38.7 Å². The Balaban J connectivity index is 1.59. The zero-order chi connectivity index (χ0) is 18.2. The molecule has 2 unspecified atom stereocenters. The number of nitrogens with zero attached hydrogens (tertiary/aromatic N) is 3. The monoisotopic (exact) mass is 355 g/mol. The normalized spacial score (nSPS) is 27.6. The van der Waals surface area contributed by atoms with Crippen LogP contribution in [0.4, 0.5) is 19.0 Å². The number of aromatic nitrogens is 1. The van der Waals surface area contributed by atoms with Crippen molar-refractivity contribution in [1.82, 2.24) is 9.88 Å². The van der Waals surface area contributed by atoms with Gasteiger partial charge in [-0.25, -0.2) is 18.2 Å². The van der Waals surface area contributed by atoms with Crippen molar-refractivity contribution in [3.8, 4) is 0 Å². The van der Waals surface area contributed by atoms with Gasteiger partial charge < -0.3 is 9.80 Å². The Morgan fingerprint density at radius 2 is 1.96 bits per heavy atom. The van der Waals surface area contributed by atoms with Gasteiger partial charge in [-0.2, -0.15) is 0 Å². The average Bonchev–Trinajstić information content (AvgIpc) is 2.94. The Hall–Kier alpha value is -1.79. The minimum absolute atomic E-state index is 0.125. The van der Waals surface area contributed by atoms with Gasteiger partial charge in [-0.3, -0.25) is 4.79 Å². The molecule has 0 radical (unpaired) electrons. The van der Waals surface area contributed by atoms with E-state index in [1.165, 1.54) is 12.3 Å². The first kappa shape index (κ1) is 18.0. The topological polar surface area (TPSA) is 36.4 Å². The lowest BCUT2D eigenvalue weighted by atomic mass is 10.0. The molecule has 2 heterocycles. The van der Waals surface area contributed by atoms with Gasteiger partial charge in [-0.1, -0.05) is 6.92 Å². The molecule has 1 aromatic rings. The molecule has 1 aliphatic carbocycles. The highest BCUT2D eigenvalue weighted by Gasteiger charge is 2.46. The van der Waals surface area contributed by atoms with Crippen LogP contribution in [0.5, 0.6) is 0 Å². The molecule has 2 fully saturated rings. The summed E-state index contributed by atoms with van der Waals surface area (Å²) >= 11 is 0. The van der Waals surface area contributed by atoms with Crippen molar-refractivity contribution in [1.29, 1.82) is 0 Å². The number of carbonyl (C=O) groups excluding carboxylic acids is 1. The number of hydrogen-bond acceptors (Lipinski definition) is 3. The Kier molecular flexibility index (Phi) is 4.68. The van der Waals surface area contributed by atoms with E-state index in [9.17, 15) is 18.0 Å². The van der Waals surface area contributed by atoms with Gasteiger partial charge in [-0.15, -0.1) is 0 Å². The summed E-state index contributed by atoms with van der Waals surface area (Å²) in [5.41, 5.74) is -1.84. The summed E-state index contributed by atoms with van der Waals surface area (Å²) in [5, 5.41) is 0. The molecule has 4 nitrogen and oxygen atoms in total. The van der Waals surface area contributed by atoms with E-state index < -0.39 is 17.5 Å². The minimum Gasteiger partial charge on any atom is -0.353 e. The lowest BCUT2D eigenvalue weighted by Gasteiger charge is -2.37. The zero-order valence-corrected chi connectivity index (χ0v) is 14.6. The molecule has 0 spiro atoms. The van der Waals surface area contributed by atoms with Gasteiger partial charge in [0.1, 0.15) is 5.82 Å². The summed E-state index contributed by atoms with van der Waals surface area (Å²) in [7, 11) is 0. The molecule has 1 saturated heterocycles. The number of piperazine rings is 1. The van der Waals surface area contributed by atoms with Crippen LogP contribution < -0.4 is 4.90 Å². The highest BCUT2D eigenvalue weighted by Crippen LogP contribution is 2.39. The summed E-state index contributed by atoms with van der Waals surface area (Å²) in [6.07, 6.45) is 2.55. The smallest absolute Gasteiger partial charge is 0.272 e. The number of pyridine rings is 1. The number of rotatable bonds is 3. The first-order valence-corrected chi connectivity index (χ1v) is 8.77. The van der Waals surface area contributed by atoms with Crippen molar-refractivity contribution < 1.29 is 18.0 Å². The summed E-state index contributed by atoms with van der Waals surface area (Å²) < 4.78 is 41.3. The summed E-state index contributed by atoms with van der Waals surface area (Å²) in [5.74, 6) is -2.46. The van der Waals surface area contributed by atoms with Gasteiger partial charge in [0, 0.05) is 44.9 Å². The quantitative estimate of drug-likeness (QED) is 0.834. The SMILES string of the molecule is CC1CCC(F)(C(=O)N2CCN(c3ccc(C(C)(F)F)cn3)CC2)C1. The second-order valence-electron chi connectivity index (χ2n) is 7.39. The highest BCUT2D eigenvalue weighted by molar-refractivity contribution is 5.85. The fourth-order valence-electron chi connectivity index (χ4n) is 3.68. The highest BCUT2D eigenvalue weighted by atomic mass is 19.3. The third kappa shape index (κ3) is 3.75. The van der Waals surface area contributed by atoms with Gasteiger partial charge in [-0.05, 0) is 37.3 Å². The van der Waals surface area contributed by atoms with Crippen LogP contribution in [-0.2, 0) is 10.7 Å². The van der Waals surface area contributed by atoms with Crippen molar-refractivity contribution in [2.24, 2.45) is 5.92 Å². The van der Waals surface area contributed by atoms with E-state index in [1.54, 1.807) is 11.0 Å².